The fourth-order valence-electron chi connectivity index (χ4n) is 1.86. The van der Waals surface area contributed by atoms with Crippen LogP contribution < -0.4 is 16.0 Å². The summed E-state index contributed by atoms with van der Waals surface area (Å²) in [4.78, 5) is 8.92. The Hall–Kier alpha value is -2.14. The molecule has 0 amide bonds. The minimum atomic E-state index is 0.134. The van der Waals surface area contributed by atoms with Crippen molar-refractivity contribution in [1.29, 1.82) is 0 Å². The molecule has 0 saturated heterocycles. The van der Waals surface area contributed by atoms with Crippen LogP contribution in [0.3, 0.4) is 0 Å². The van der Waals surface area contributed by atoms with E-state index in [0.29, 0.717) is 11.6 Å². The second kappa shape index (κ2) is 6.34. The first kappa shape index (κ1) is 14.3. The van der Waals surface area contributed by atoms with Gasteiger partial charge in [-0.2, -0.15) is 0 Å². The number of nitrogen functional groups attached to an aromatic ring is 1. The van der Waals surface area contributed by atoms with E-state index in [1.807, 2.05) is 51.1 Å². The summed E-state index contributed by atoms with van der Waals surface area (Å²) in [6.45, 7) is 6.04. The normalized spacial score (nSPS) is 10.7. The molecule has 1 aromatic carbocycles. The van der Waals surface area contributed by atoms with Gasteiger partial charge in [0.05, 0.1) is 6.10 Å². The zero-order chi connectivity index (χ0) is 14.5. The van der Waals surface area contributed by atoms with E-state index < -0.39 is 0 Å². The van der Waals surface area contributed by atoms with Crippen LogP contribution in [0.25, 0.3) is 11.4 Å². The molecule has 3 N–H and O–H groups in total. The molecule has 1 aromatic heterocycles. The monoisotopic (exact) mass is 272 g/mol. The lowest BCUT2D eigenvalue weighted by atomic mass is 10.2. The van der Waals surface area contributed by atoms with Crippen molar-refractivity contribution < 1.29 is 4.74 Å². The molecule has 0 bridgehead atoms. The van der Waals surface area contributed by atoms with Crippen LogP contribution >= 0.6 is 0 Å². The topological polar surface area (TPSA) is 73.1 Å². The van der Waals surface area contributed by atoms with Crippen LogP contribution in [0.4, 0.5) is 5.82 Å². The first-order valence-electron chi connectivity index (χ1n) is 6.74. The molecule has 2 aromatic rings. The zero-order valence-corrected chi connectivity index (χ0v) is 12.1. The fraction of sp³-hybridized carbons (Fsp3) is 0.333. The SMILES string of the molecule is CCc1cc(NN)nc(-c2cccc(OC(C)C)c2)n1. The van der Waals surface area contributed by atoms with Crippen LogP contribution in [0.1, 0.15) is 26.5 Å². The molecule has 0 radical (unpaired) electrons. The number of hydrazine groups is 1. The average molecular weight is 272 g/mol. The number of nitrogens with zero attached hydrogens (tertiary/aromatic N) is 2. The molecule has 20 heavy (non-hydrogen) atoms. The maximum Gasteiger partial charge on any atom is 0.161 e. The van der Waals surface area contributed by atoms with Gasteiger partial charge in [0.25, 0.3) is 0 Å². The lowest BCUT2D eigenvalue weighted by Gasteiger charge is -2.11. The molecule has 0 saturated carbocycles. The summed E-state index contributed by atoms with van der Waals surface area (Å²) in [6.07, 6.45) is 0.959. The third kappa shape index (κ3) is 3.45. The Kier molecular flexibility index (Phi) is 4.53. The van der Waals surface area contributed by atoms with Crippen LogP contribution in [0.2, 0.25) is 0 Å². The van der Waals surface area contributed by atoms with Crippen LogP contribution in [0, 0.1) is 0 Å². The Morgan fingerprint density at radius 3 is 2.70 bits per heavy atom. The Morgan fingerprint density at radius 2 is 2.05 bits per heavy atom. The van der Waals surface area contributed by atoms with Crippen molar-refractivity contribution in [2.75, 3.05) is 5.43 Å². The predicted octanol–water partition coefficient (Wildman–Crippen LogP) is 2.78. The molecule has 2 rings (SSSR count). The Bertz CT molecular complexity index is 562. The second-order valence-corrected chi connectivity index (χ2v) is 4.76. The van der Waals surface area contributed by atoms with E-state index in [9.17, 15) is 0 Å². The first-order chi connectivity index (χ1) is 9.62. The van der Waals surface area contributed by atoms with E-state index in [1.54, 1.807) is 0 Å². The number of rotatable bonds is 5. The minimum absolute atomic E-state index is 0.134. The van der Waals surface area contributed by atoms with Crippen molar-refractivity contribution in [2.24, 2.45) is 5.84 Å². The molecule has 0 aliphatic heterocycles. The largest absolute Gasteiger partial charge is 0.491 e. The number of anilines is 1. The molecule has 0 spiro atoms. The molecule has 0 aliphatic carbocycles. The molecule has 0 unspecified atom stereocenters. The molecule has 1 heterocycles. The highest BCUT2D eigenvalue weighted by Crippen LogP contribution is 2.23. The van der Waals surface area contributed by atoms with E-state index in [-0.39, 0.29) is 6.10 Å². The number of hydrogen-bond acceptors (Lipinski definition) is 5. The van der Waals surface area contributed by atoms with E-state index in [4.69, 9.17) is 10.6 Å². The molecule has 0 fully saturated rings. The van der Waals surface area contributed by atoms with Crippen LogP contribution in [-0.2, 0) is 6.42 Å². The van der Waals surface area contributed by atoms with Gasteiger partial charge in [-0.25, -0.2) is 15.8 Å². The Morgan fingerprint density at radius 1 is 1.25 bits per heavy atom. The number of aromatic nitrogens is 2. The van der Waals surface area contributed by atoms with Gasteiger partial charge in [-0.3, -0.25) is 0 Å². The van der Waals surface area contributed by atoms with Gasteiger partial charge < -0.3 is 10.2 Å². The molecule has 106 valence electrons. The maximum atomic E-state index is 5.69. The number of hydrogen-bond donors (Lipinski definition) is 2. The number of nitrogens with one attached hydrogen (secondary N) is 1. The Balaban J connectivity index is 2.40. The average Bonchev–Trinajstić information content (AvgIpc) is 2.46. The van der Waals surface area contributed by atoms with Crippen LogP contribution in [0.5, 0.6) is 5.75 Å². The highest BCUT2D eigenvalue weighted by molar-refractivity contribution is 5.59. The van der Waals surface area contributed by atoms with Crippen LogP contribution in [0.15, 0.2) is 30.3 Å². The van der Waals surface area contributed by atoms with Gasteiger partial charge >= 0.3 is 0 Å². The number of ether oxygens (including phenoxy) is 1. The van der Waals surface area contributed by atoms with E-state index in [2.05, 4.69) is 15.4 Å². The van der Waals surface area contributed by atoms with Crippen molar-refractivity contribution in [1.82, 2.24) is 9.97 Å². The van der Waals surface area contributed by atoms with Gasteiger partial charge in [0.2, 0.25) is 0 Å². The van der Waals surface area contributed by atoms with Crippen LogP contribution in [-0.4, -0.2) is 16.1 Å². The number of aryl methyl sites for hydroxylation is 1. The third-order valence-electron chi connectivity index (χ3n) is 2.75. The van der Waals surface area contributed by atoms with Crippen molar-refractivity contribution >= 4 is 5.82 Å². The summed E-state index contributed by atoms with van der Waals surface area (Å²) in [5, 5.41) is 0. The van der Waals surface area contributed by atoms with Gasteiger partial charge in [0.15, 0.2) is 5.82 Å². The standard InChI is InChI=1S/C15H20N4O/c1-4-12-9-14(19-16)18-15(17-12)11-6-5-7-13(8-11)20-10(2)3/h5-10H,4,16H2,1-3H3,(H,17,18,19). The van der Waals surface area contributed by atoms with Crippen molar-refractivity contribution in [3.8, 4) is 17.1 Å². The minimum Gasteiger partial charge on any atom is -0.491 e. The van der Waals surface area contributed by atoms with Crippen molar-refractivity contribution in [3.05, 3.63) is 36.0 Å². The maximum absolute atomic E-state index is 5.69. The lowest BCUT2D eigenvalue weighted by molar-refractivity contribution is 0.242. The van der Waals surface area contributed by atoms with Gasteiger partial charge in [-0.1, -0.05) is 19.1 Å². The highest BCUT2D eigenvalue weighted by Gasteiger charge is 2.07. The molecule has 5 nitrogen and oxygen atoms in total. The van der Waals surface area contributed by atoms with Gasteiger partial charge in [0.1, 0.15) is 11.6 Å². The summed E-state index contributed by atoms with van der Waals surface area (Å²) in [5.74, 6) is 7.52. The summed E-state index contributed by atoms with van der Waals surface area (Å²) in [7, 11) is 0. The van der Waals surface area contributed by atoms with E-state index in [1.165, 1.54) is 0 Å². The predicted molar refractivity (Wildman–Crippen MR) is 80.4 cm³/mol. The smallest absolute Gasteiger partial charge is 0.161 e. The van der Waals surface area contributed by atoms with Gasteiger partial charge in [-0.15, -0.1) is 0 Å². The third-order valence-corrected chi connectivity index (χ3v) is 2.75. The number of benzene rings is 1. The molecule has 0 aliphatic rings. The van der Waals surface area contributed by atoms with Gasteiger partial charge in [0, 0.05) is 17.3 Å². The molecule has 5 heteroatoms. The Labute approximate surface area is 119 Å². The molecular weight excluding hydrogens is 252 g/mol. The summed E-state index contributed by atoms with van der Waals surface area (Å²) >= 11 is 0. The zero-order valence-electron chi connectivity index (χ0n) is 12.1. The quantitative estimate of drug-likeness (QED) is 0.646. The second-order valence-electron chi connectivity index (χ2n) is 4.76. The highest BCUT2D eigenvalue weighted by atomic mass is 16.5. The number of nitrogens with two attached hydrogens (primary N) is 1. The first-order valence-corrected chi connectivity index (χ1v) is 6.74. The van der Waals surface area contributed by atoms with Gasteiger partial charge in [-0.05, 0) is 32.4 Å². The van der Waals surface area contributed by atoms with E-state index in [0.717, 1.165) is 23.4 Å². The molecule has 0 atom stereocenters. The summed E-state index contributed by atoms with van der Waals surface area (Å²) in [5.41, 5.74) is 4.43. The lowest BCUT2D eigenvalue weighted by Crippen LogP contribution is -2.10. The van der Waals surface area contributed by atoms with Crippen molar-refractivity contribution in [2.45, 2.75) is 33.3 Å². The van der Waals surface area contributed by atoms with E-state index >= 15 is 0 Å². The fourth-order valence-corrected chi connectivity index (χ4v) is 1.86. The molecular formula is C15H20N4O. The summed E-state index contributed by atoms with van der Waals surface area (Å²) in [6, 6.07) is 9.61. The summed E-state index contributed by atoms with van der Waals surface area (Å²) < 4.78 is 5.69. The van der Waals surface area contributed by atoms with Crippen molar-refractivity contribution in [3.63, 3.8) is 0 Å².